The van der Waals surface area contributed by atoms with E-state index < -0.39 is 0 Å². The summed E-state index contributed by atoms with van der Waals surface area (Å²) in [5, 5.41) is 13.5. The molecule has 2 N–H and O–H groups in total. The van der Waals surface area contributed by atoms with Crippen LogP contribution >= 0.6 is 11.3 Å². The average molecular weight is 416 g/mol. The molecular weight excluding hydrogens is 399 g/mol. The van der Waals surface area contributed by atoms with Crippen molar-refractivity contribution in [1.29, 1.82) is 0 Å². The van der Waals surface area contributed by atoms with Crippen molar-refractivity contribution in [2.75, 3.05) is 5.32 Å². The van der Waals surface area contributed by atoms with Crippen LogP contribution in [-0.2, 0) is 19.6 Å². The molecule has 0 aliphatic carbocycles. The Kier molecular flexibility index (Phi) is 4.00. The van der Waals surface area contributed by atoms with Gasteiger partial charge in [-0.15, -0.1) is 11.3 Å². The van der Waals surface area contributed by atoms with Crippen LogP contribution in [0, 0.1) is 5.82 Å². The monoisotopic (exact) mass is 416 g/mol. The van der Waals surface area contributed by atoms with E-state index in [-0.39, 0.29) is 5.82 Å². The third-order valence-electron chi connectivity index (χ3n) is 5.38. The first-order valence-electron chi connectivity index (χ1n) is 9.67. The lowest BCUT2D eigenvalue weighted by Gasteiger charge is -2.09. The maximum atomic E-state index is 13.5. The molecular formula is C22H17FN6S. The molecule has 6 nitrogen and oxygen atoms in total. The molecule has 1 aliphatic rings. The lowest BCUT2D eigenvalue weighted by molar-refractivity contribution is 0.621. The van der Waals surface area contributed by atoms with E-state index in [1.54, 1.807) is 23.7 Å². The lowest BCUT2D eigenvalue weighted by atomic mass is 10.2. The number of benzene rings is 2. The molecule has 0 amide bonds. The molecule has 0 saturated carbocycles. The van der Waals surface area contributed by atoms with Gasteiger partial charge < -0.3 is 10.6 Å². The van der Waals surface area contributed by atoms with Crippen LogP contribution in [0.2, 0.25) is 0 Å². The first-order valence-corrected chi connectivity index (χ1v) is 10.5. The number of fused-ring (bicyclic) bond motifs is 4. The highest BCUT2D eigenvalue weighted by atomic mass is 32.1. The molecule has 0 unspecified atom stereocenters. The molecule has 8 heteroatoms. The Balaban J connectivity index is 1.33. The van der Waals surface area contributed by atoms with Crippen LogP contribution in [0.5, 0.6) is 0 Å². The highest BCUT2D eigenvalue weighted by molar-refractivity contribution is 7.19. The zero-order chi connectivity index (χ0) is 20.1. The van der Waals surface area contributed by atoms with Gasteiger partial charge in [0.2, 0.25) is 0 Å². The summed E-state index contributed by atoms with van der Waals surface area (Å²) < 4.78 is 15.4. The zero-order valence-electron chi connectivity index (χ0n) is 15.9. The largest absolute Gasteiger partial charge is 0.340 e. The lowest BCUT2D eigenvalue weighted by Crippen LogP contribution is -2.02. The van der Waals surface area contributed by atoms with E-state index in [1.165, 1.54) is 22.6 Å². The van der Waals surface area contributed by atoms with Crippen molar-refractivity contribution in [2.24, 2.45) is 0 Å². The van der Waals surface area contributed by atoms with Crippen LogP contribution in [0.4, 0.5) is 15.9 Å². The van der Waals surface area contributed by atoms with Gasteiger partial charge in [0.05, 0.1) is 23.6 Å². The molecule has 30 heavy (non-hydrogen) atoms. The summed E-state index contributed by atoms with van der Waals surface area (Å²) in [4.78, 5) is 11.3. The molecule has 4 heterocycles. The topological polar surface area (TPSA) is 67.7 Å². The molecule has 0 bridgehead atoms. The van der Waals surface area contributed by atoms with Crippen molar-refractivity contribution in [1.82, 2.24) is 25.1 Å². The molecule has 3 aromatic heterocycles. The number of thiophene rings is 1. The minimum absolute atomic E-state index is 0.235. The van der Waals surface area contributed by atoms with Gasteiger partial charge in [0.15, 0.2) is 0 Å². The number of halogens is 1. The molecule has 0 radical (unpaired) electrons. The van der Waals surface area contributed by atoms with Gasteiger partial charge in [0.25, 0.3) is 0 Å². The summed E-state index contributed by atoms with van der Waals surface area (Å²) in [6, 6.07) is 12.7. The third kappa shape index (κ3) is 2.92. The third-order valence-corrected chi connectivity index (χ3v) is 6.52. The number of rotatable bonds is 4. The fourth-order valence-corrected chi connectivity index (χ4v) is 5.12. The van der Waals surface area contributed by atoms with E-state index >= 15 is 0 Å². The summed E-state index contributed by atoms with van der Waals surface area (Å²) >= 11 is 1.73. The van der Waals surface area contributed by atoms with Gasteiger partial charge in [0.1, 0.15) is 22.8 Å². The molecule has 0 spiro atoms. The van der Waals surface area contributed by atoms with E-state index in [4.69, 9.17) is 0 Å². The number of nitrogens with zero attached hydrogens (tertiary/aromatic N) is 4. The normalized spacial score (nSPS) is 13.2. The van der Waals surface area contributed by atoms with Gasteiger partial charge >= 0.3 is 0 Å². The first-order chi connectivity index (χ1) is 14.7. The smallest absolute Gasteiger partial charge is 0.142 e. The van der Waals surface area contributed by atoms with E-state index in [9.17, 15) is 4.39 Å². The number of hydrogen-bond donors (Lipinski definition) is 2. The van der Waals surface area contributed by atoms with E-state index in [0.717, 1.165) is 51.3 Å². The minimum atomic E-state index is -0.235. The summed E-state index contributed by atoms with van der Waals surface area (Å²) in [6.07, 6.45) is 3.45. The van der Waals surface area contributed by atoms with Crippen LogP contribution in [0.25, 0.3) is 21.1 Å². The van der Waals surface area contributed by atoms with E-state index in [2.05, 4.69) is 31.8 Å². The number of aromatic nitrogens is 4. The predicted octanol–water partition coefficient (Wildman–Crippen LogP) is 4.58. The Bertz CT molecular complexity index is 1410. The van der Waals surface area contributed by atoms with Gasteiger partial charge in [-0.05, 0) is 41.5 Å². The van der Waals surface area contributed by atoms with Crippen molar-refractivity contribution in [2.45, 2.75) is 19.6 Å². The first kappa shape index (κ1) is 17.5. The van der Waals surface area contributed by atoms with Crippen molar-refractivity contribution in [3.05, 3.63) is 76.8 Å². The van der Waals surface area contributed by atoms with Crippen LogP contribution in [-0.4, -0.2) is 19.7 Å². The fourth-order valence-electron chi connectivity index (χ4n) is 4.00. The standard InChI is InChI=1S/C22H17FN6S/c23-15-3-1-2-13(6-15)11-29-18-5-4-16(7-14(18)8-27-29)28-21-20-17-9-24-10-19(17)30-22(20)26-12-25-21/h1-8,12,24H,9-11H2,(H,25,26,28). The Morgan fingerprint density at radius 3 is 3.03 bits per heavy atom. The van der Waals surface area contributed by atoms with Crippen molar-refractivity contribution in [3.8, 4) is 0 Å². The maximum absolute atomic E-state index is 13.5. The van der Waals surface area contributed by atoms with Crippen molar-refractivity contribution >= 4 is 44.0 Å². The van der Waals surface area contributed by atoms with Crippen LogP contribution < -0.4 is 10.6 Å². The summed E-state index contributed by atoms with van der Waals surface area (Å²) in [5.74, 6) is 0.592. The maximum Gasteiger partial charge on any atom is 0.142 e. The second-order valence-corrected chi connectivity index (χ2v) is 8.42. The molecule has 2 aromatic carbocycles. The number of nitrogens with one attached hydrogen (secondary N) is 2. The Hall–Kier alpha value is -3.36. The Morgan fingerprint density at radius 1 is 1.13 bits per heavy atom. The van der Waals surface area contributed by atoms with Gasteiger partial charge in [-0.25, -0.2) is 14.4 Å². The quantitative estimate of drug-likeness (QED) is 0.449. The van der Waals surface area contributed by atoms with E-state index in [0.29, 0.717) is 6.54 Å². The zero-order valence-corrected chi connectivity index (χ0v) is 16.7. The summed E-state index contributed by atoms with van der Waals surface area (Å²) in [5.41, 5.74) is 4.12. The Morgan fingerprint density at radius 2 is 2.10 bits per heavy atom. The fraction of sp³-hybridized carbons (Fsp3) is 0.136. The molecule has 0 fully saturated rings. The van der Waals surface area contributed by atoms with Gasteiger partial charge in [0, 0.05) is 29.0 Å². The molecule has 0 atom stereocenters. The van der Waals surface area contributed by atoms with Crippen LogP contribution in [0.3, 0.4) is 0 Å². The molecule has 5 aromatic rings. The molecule has 0 saturated heterocycles. The van der Waals surface area contributed by atoms with Gasteiger partial charge in [-0.1, -0.05) is 12.1 Å². The van der Waals surface area contributed by atoms with Crippen molar-refractivity contribution < 1.29 is 4.39 Å². The molecule has 148 valence electrons. The average Bonchev–Trinajstić information content (AvgIpc) is 3.43. The molecule has 1 aliphatic heterocycles. The Labute approximate surface area is 175 Å². The SMILES string of the molecule is Fc1cccc(Cn2ncc3cc(Nc4ncnc5sc6c(c45)CNC6)ccc32)c1. The number of hydrogen-bond acceptors (Lipinski definition) is 6. The van der Waals surface area contributed by atoms with Gasteiger partial charge in [-0.2, -0.15) is 5.10 Å². The predicted molar refractivity (Wildman–Crippen MR) is 116 cm³/mol. The minimum Gasteiger partial charge on any atom is -0.340 e. The van der Waals surface area contributed by atoms with Crippen LogP contribution in [0.1, 0.15) is 16.0 Å². The second-order valence-electron chi connectivity index (χ2n) is 7.34. The highest BCUT2D eigenvalue weighted by Crippen LogP contribution is 2.37. The summed E-state index contributed by atoms with van der Waals surface area (Å²) in [7, 11) is 0. The second kappa shape index (κ2) is 6.86. The van der Waals surface area contributed by atoms with E-state index in [1.807, 2.05) is 29.1 Å². The highest BCUT2D eigenvalue weighted by Gasteiger charge is 2.21. The summed E-state index contributed by atoms with van der Waals surface area (Å²) in [6.45, 7) is 2.27. The van der Waals surface area contributed by atoms with Crippen molar-refractivity contribution in [3.63, 3.8) is 0 Å². The molecule has 6 rings (SSSR count). The number of anilines is 2. The van der Waals surface area contributed by atoms with Gasteiger partial charge in [-0.3, -0.25) is 4.68 Å². The van der Waals surface area contributed by atoms with Crippen LogP contribution in [0.15, 0.2) is 55.0 Å².